The molecule has 0 spiro atoms. The average molecular weight is 190 g/mol. The van der Waals surface area contributed by atoms with E-state index in [0.29, 0.717) is 11.2 Å². The molecule has 0 N–H and O–H groups in total. The van der Waals surface area contributed by atoms with Crippen molar-refractivity contribution in [1.82, 2.24) is 20.0 Å². The molecule has 5 heteroatoms. The van der Waals surface area contributed by atoms with Crippen LogP contribution < -0.4 is 0 Å². The Hall–Kier alpha value is -1.78. The normalized spacial score (nSPS) is 11.1. The van der Waals surface area contributed by atoms with Crippen molar-refractivity contribution in [3.05, 3.63) is 18.3 Å². The minimum atomic E-state index is -0.109. The smallest absolute Gasteiger partial charge is 0.252 e. The number of nitrogens with zero attached hydrogens (tertiary/aromatic N) is 4. The Bertz CT molecular complexity index is 474. The van der Waals surface area contributed by atoms with E-state index in [2.05, 4.69) is 15.3 Å². The van der Waals surface area contributed by atoms with Gasteiger partial charge in [0.15, 0.2) is 5.65 Å². The lowest BCUT2D eigenvalue weighted by atomic mass is 10.2. The van der Waals surface area contributed by atoms with E-state index in [1.807, 2.05) is 13.8 Å². The summed E-state index contributed by atoms with van der Waals surface area (Å²) < 4.78 is 1.25. The molecule has 14 heavy (non-hydrogen) atoms. The number of aromatic nitrogens is 4. The maximum atomic E-state index is 11.6. The monoisotopic (exact) mass is 190 g/mol. The molecule has 0 saturated heterocycles. The largest absolute Gasteiger partial charge is 0.272 e. The second kappa shape index (κ2) is 3.17. The number of hydrogen-bond donors (Lipinski definition) is 0. The topological polar surface area (TPSA) is 60.7 Å². The summed E-state index contributed by atoms with van der Waals surface area (Å²) in [6, 6.07) is 3.54. The zero-order chi connectivity index (χ0) is 10.1. The van der Waals surface area contributed by atoms with Crippen molar-refractivity contribution in [3.8, 4) is 0 Å². The van der Waals surface area contributed by atoms with Gasteiger partial charge in [0, 0.05) is 12.1 Å². The molecular formula is C9H10N4O. The van der Waals surface area contributed by atoms with Gasteiger partial charge in [-0.15, -0.1) is 5.10 Å². The predicted octanol–water partition coefficient (Wildman–Crippen LogP) is 1.12. The second-order valence-corrected chi connectivity index (χ2v) is 3.34. The van der Waals surface area contributed by atoms with Crippen LogP contribution in [0.5, 0.6) is 0 Å². The maximum Gasteiger partial charge on any atom is 0.252 e. The lowest BCUT2D eigenvalue weighted by Crippen LogP contribution is -2.18. The lowest BCUT2D eigenvalue weighted by Gasteiger charge is -2.01. The molecule has 0 atom stereocenters. The standard InChI is InChI=1S/C9H10N4O/c1-6(2)9(14)13-8-7(11-12-13)4-3-5-10-8/h3-6H,1-2H3. The molecule has 5 nitrogen and oxygen atoms in total. The van der Waals surface area contributed by atoms with Crippen LogP contribution in [0, 0.1) is 5.92 Å². The van der Waals surface area contributed by atoms with Crippen molar-refractivity contribution < 1.29 is 4.79 Å². The van der Waals surface area contributed by atoms with Gasteiger partial charge in [-0.1, -0.05) is 19.1 Å². The fraction of sp³-hybridized carbons (Fsp3) is 0.333. The summed E-state index contributed by atoms with van der Waals surface area (Å²) >= 11 is 0. The van der Waals surface area contributed by atoms with Crippen molar-refractivity contribution in [2.45, 2.75) is 13.8 Å². The molecule has 0 bridgehead atoms. The molecule has 72 valence electrons. The van der Waals surface area contributed by atoms with Gasteiger partial charge in [0.25, 0.3) is 5.91 Å². The van der Waals surface area contributed by atoms with Crippen molar-refractivity contribution >= 4 is 17.1 Å². The minimum Gasteiger partial charge on any atom is -0.272 e. The van der Waals surface area contributed by atoms with Gasteiger partial charge in [0.2, 0.25) is 0 Å². The molecule has 0 radical (unpaired) electrons. The van der Waals surface area contributed by atoms with E-state index in [0.717, 1.165) is 0 Å². The molecule has 0 aliphatic carbocycles. The summed E-state index contributed by atoms with van der Waals surface area (Å²) in [7, 11) is 0. The molecule has 2 heterocycles. The highest BCUT2D eigenvalue weighted by atomic mass is 16.2. The maximum absolute atomic E-state index is 11.6. The first-order valence-electron chi connectivity index (χ1n) is 4.41. The Morgan fingerprint density at radius 1 is 1.50 bits per heavy atom. The molecule has 0 aliphatic heterocycles. The third kappa shape index (κ3) is 1.26. The zero-order valence-corrected chi connectivity index (χ0v) is 8.01. The first-order chi connectivity index (χ1) is 6.70. The van der Waals surface area contributed by atoms with Gasteiger partial charge in [-0.05, 0) is 12.1 Å². The lowest BCUT2D eigenvalue weighted by molar-refractivity contribution is 0.0841. The number of fused-ring (bicyclic) bond motifs is 1. The van der Waals surface area contributed by atoms with Gasteiger partial charge in [-0.2, -0.15) is 4.68 Å². The van der Waals surface area contributed by atoms with Crippen molar-refractivity contribution in [3.63, 3.8) is 0 Å². The quantitative estimate of drug-likeness (QED) is 0.676. The first-order valence-corrected chi connectivity index (χ1v) is 4.41. The van der Waals surface area contributed by atoms with Gasteiger partial charge in [0.1, 0.15) is 5.52 Å². The van der Waals surface area contributed by atoms with E-state index < -0.39 is 0 Å². The Morgan fingerprint density at radius 3 is 3.00 bits per heavy atom. The van der Waals surface area contributed by atoms with Crippen LogP contribution in [0.4, 0.5) is 0 Å². The van der Waals surface area contributed by atoms with E-state index in [1.165, 1.54) is 4.68 Å². The van der Waals surface area contributed by atoms with Crippen LogP contribution in [0.2, 0.25) is 0 Å². The number of carbonyl (C=O) groups excluding carboxylic acids is 1. The molecule has 0 amide bonds. The van der Waals surface area contributed by atoms with Crippen LogP contribution in [0.15, 0.2) is 18.3 Å². The van der Waals surface area contributed by atoms with E-state index >= 15 is 0 Å². The summed E-state index contributed by atoms with van der Waals surface area (Å²) in [5, 5.41) is 7.62. The fourth-order valence-electron chi connectivity index (χ4n) is 1.16. The van der Waals surface area contributed by atoms with E-state index in [4.69, 9.17) is 0 Å². The number of pyridine rings is 1. The van der Waals surface area contributed by atoms with Gasteiger partial charge in [-0.25, -0.2) is 4.98 Å². The van der Waals surface area contributed by atoms with E-state index in [9.17, 15) is 4.79 Å². The number of hydrogen-bond acceptors (Lipinski definition) is 4. The van der Waals surface area contributed by atoms with Crippen LogP contribution in [0.1, 0.15) is 18.6 Å². The molecule has 0 aromatic carbocycles. The third-order valence-corrected chi connectivity index (χ3v) is 1.91. The van der Waals surface area contributed by atoms with Crippen LogP contribution in [0.25, 0.3) is 11.2 Å². The van der Waals surface area contributed by atoms with Gasteiger partial charge in [-0.3, -0.25) is 4.79 Å². The molecule has 0 saturated carbocycles. The number of rotatable bonds is 1. The van der Waals surface area contributed by atoms with Gasteiger partial charge < -0.3 is 0 Å². The molecule has 2 aromatic heterocycles. The molecule has 0 aliphatic rings. The summed E-state index contributed by atoms with van der Waals surface area (Å²) in [6.45, 7) is 3.64. The number of carbonyl (C=O) groups is 1. The molecule has 2 rings (SSSR count). The van der Waals surface area contributed by atoms with E-state index in [1.54, 1.807) is 18.3 Å². The zero-order valence-electron chi connectivity index (χ0n) is 8.01. The SMILES string of the molecule is CC(C)C(=O)n1nnc2cccnc21. The second-order valence-electron chi connectivity index (χ2n) is 3.34. The molecule has 0 fully saturated rings. The average Bonchev–Trinajstić information content (AvgIpc) is 2.60. The van der Waals surface area contributed by atoms with Gasteiger partial charge >= 0.3 is 0 Å². The summed E-state index contributed by atoms with van der Waals surface area (Å²) in [4.78, 5) is 15.7. The molecule has 2 aromatic rings. The Kier molecular flexibility index (Phi) is 1.99. The fourth-order valence-corrected chi connectivity index (χ4v) is 1.16. The predicted molar refractivity (Wildman–Crippen MR) is 50.8 cm³/mol. The van der Waals surface area contributed by atoms with Crippen LogP contribution in [0.3, 0.4) is 0 Å². The highest BCUT2D eigenvalue weighted by Crippen LogP contribution is 2.08. The Morgan fingerprint density at radius 2 is 2.29 bits per heavy atom. The first kappa shape index (κ1) is 8.80. The third-order valence-electron chi connectivity index (χ3n) is 1.91. The summed E-state index contributed by atoms with van der Waals surface area (Å²) in [5.74, 6) is -0.201. The Labute approximate surface area is 80.7 Å². The summed E-state index contributed by atoms with van der Waals surface area (Å²) in [5.41, 5.74) is 1.16. The Balaban J connectivity index is 2.58. The van der Waals surface area contributed by atoms with Gasteiger partial charge in [0.05, 0.1) is 0 Å². The molecule has 0 unspecified atom stereocenters. The highest BCUT2D eigenvalue weighted by Gasteiger charge is 2.15. The highest BCUT2D eigenvalue weighted by molar-refractivity contribution is 5.87. The minimum absolute atomic E-state index is 0.0915. The molecular weight excluding hydrogens is 180 g/mol. The van der Waals surface area contributed by atoms with Crippen LogP contribution in [-0.4, -0.2) is 25.9 Å². The van der Waals surface area contributed by atoms with Crippen molar-refractivity contribution in [2.24, 2.45) is 5.92 Å². The van der Waals surface area contributed by atoms with Crippen molar-refractivity contribution in [2.75, 3.05) is 0 Å². The van der Waals surface area contributed by atoms with Crippen molar-refractivity contribution in [1.29, 1.82) is 0 Å². The van der Waals surface area contributed by atoms with Crippen LogP contribution >= 0.6 is 0 Å². The van der Waals surface area contributed by atoms with Crippen LogP contribution in [-0.2, 0) is 0 Å². The summed E-state index contributed by atoms with van der Waals surface area (Å²) in [6.07, 6.45) is 1.62. The van der Waals surface area contributed by atoms with E-state index in [-0.39, 0.29) is 11.8 Å².